The van der Waals surface area contributed by atoms with Crippen molar-refractivity contribution in [3.05, 3.63) is 35.5 Å². The number of halogens is 1. The van der Waals surface area contributed by atoms with Gasteiger partial charge in [-0.1, -0.05) is 11.6 Å². The zero-order chi connectivity index (χ0) is 15.4. The number of aromatic nitrogens is 1. The minimum atomic E-state index is 0.244. The number of hydrogen-bond acceptors (Lipinski definition) is 3. The van der Waals surface area contributed by atoms with Crippen LogP contribution in [0, 0.1) is 0 Å². The third-order valence-corrected chi connectivity index (χ3v) is 4.30. The van der Waals surface area contributed by atoms with Crippen molar-refractivity contribution in [2.75, 3.05) is 25.0 Å². The molecule has 22 heavy (non-hydrogen) atoms. The molecule has 5 heteroatoms. The Balaban J connectivity index is 1.60. The van der Waals surface area contributed by atoms with Gasteiger partial charge in [0, 0.05) is 48.3 Å². The first-order chi connectivity index (χ1) is 10.7. The van der Waals surface area contributed by atoms with Crippen molar-refractivity contribution < 1.29 is 4.79 Å². The lowest BCUT2D eigenvalue weighted by atomic mass is 10.1. The minimum absolute atomic E-state index is 0.244. The molecule has 1 aromatic carbocycles. The van der Waals surface area contributed by atoms with Gasteiger partial charge in [0.25, 0.3) is 0 Å². The molecule has 1 N–H and O–H groups in total. The molecule has 1 saturated heterocycles. The van der Waals surface area contributed by atoms with Crippen LogP contribution in [0.1, 0.15) is 25.7 Å². The van der Waals surface area contributed by atoms with Crippen LogP contribution in [0.5, 0.6) is 0 Å². The average Bonchev–Trinajstić information content (AvgIpc) is 2.55. The highest BCUT2D eigenvalue weighted by Gasteiger charge is 2.15. The van der Waals surface area contributed by atoms with E-state index in [4.69, 9.17) is 11.6 Å². The third kappa shape index (κ3) is 3.50. The molecule has 2 heterocycles. The van der Waals surface area contributed by atoms with Gasteiger partial charge in [-0.3, -0.25) is 9.78 Å². The number of carbonyl (C=O) groups excluding carboxylic acids is 1. The predicted molar refractivity (Wildman–Crippen MR) is 90.3 cm³/mol. The van der Waals surface area contributed by atoms with E-state index in [0.717, 1.165) is 42.5 Å². The highest BCUT2D eigenvalue weighted by molar-refractivity contribution is 6.31. The summed E-state index contributed by atoms with van der Waals surface area (Å²) in [7, 11) is 0. The Hall–Kier alpha value is -1.81. The summed E-state index contributed by atoms with van der Waals surface area (Å²) in [5.74, 6) is 0.244. The van der Waals surface area contributed by atoms with Crippen LogP contribution in [-0.2, 0) is 4.79 Å². The summed E-state index contributed by atoms with van der Waals surface area (Å²) in [4.78, 5) is 18.5. The van der Waals surface area contributed by atoms with E-state index < -0.39 is 0 Å². The summed E-state index contributed by atoms with van der Waals surface area (Å²) in [6, 6.07) is 7.59. The standard InChI is InChI=1S/C17H20ClN3O/c18-13-4-5-14-15(6-8-20-16(14)12-13)19-9-7-17(22)21-10-2-1-3-11-21/h4-6,8,12H,1-3,7,9-11H2,(H,19,20). The highest BCUT2D eigenvalue weighted by atomic mass is 35.5. The summed E-state index contributed by atoms with van der Waals surface area (Å²) in [5.41, 5.74) is 1.85. The maximum absolute atomic E-state index is 12.2. The van der Waals surface area contributed by atoms with Gasteiger partial charge in [0.1, 0.15) is 0 Å². The lowest BCUT2D eigenvalue weighted by Crippen LogP contribution is -2.36. The first kappa shape index (κ1) is 15.1. The number of amides is 1. The van der Waals surface area contributed by atoms with Gasteiger partial charge in [0.2, 0.25) is 5.91 Å². The second kappa shape index (κ2) is 6.97. The molecule has 2 aromatic rings. The number of rotatable bonds is 4. The van der Waals surface area contributed by atoms with Crippen molar-refractivity contribution in [2.24, 2.45) is 0 Å². The zero-order valence-corrected chi connectivity index (χ0v) is 13.3. The van der Waals surface area contributed by atoms with Crippen LogP contribution in [0.3, 0.4) is 0 Å². The Kier molecular flexibility index (Phi) is 4.78. The molecule has 0 saturated carbocycles. The van der Waals surface area contributed by atoms with Gasteiger partial charge in [-0.2, -0.15) is 0 Å². The fraction of sp³-hybridized carbons (Fsp3) is 0.412. The first-order valence-corrected chi connectivity index (χ1v) is 8.18. The largest absolute Gasteiger partial charge is 0.384 e. The monoisotopic (exact) mass is 317 g/mol. The van der Waals surface area contributed by atoms with Crippen molar-refractivity contribution in [1.82, 2.24) is 9.88 Å². The Bertz CT molecular complexity index is 668. The molecule has 1 amide bonds. The van der Waals surface area contributed by atoms with Crippen molar-refractivity contribution in [3.63, 3.8) is 0 Å². The number of likely N-dealkylation sites (tertiary alicyclic amines) is 1. The number of anilines is 1. The number of piperidine rings is 1. The van der Waals surface area contributed by atoms with Crippen molar-refractivity contribution in [1.29, 1.82) is 0 Å². The number of benzene rings is 1. The molecule has 0 atom stereocenters. The molecule has 1 aromatic heterocycles. The number of nitrogens with zero attached hydrogens (tertiary/aromatic N) is 2. The topological polar surface area (TPSA) is 45.2 Å². The van der Waals surface area contributed by atoms with Crippen LogP contribution in [0.2, 0.25) is 5.02 Å². The summed E-state index contributed by atoms with van der Waals surface area (Å²) < 4.78 is 0. The number of nitrogens with one attached hydrogen (secondary N) is 1. The van der Waals surface area contributed by atoms with E-state index in [1.54, 1.807) is 6.20 Å². The molecule has 0 aliphatic carbocycles. The number of fused-ring (bicyclic) bond motifs is 1. The van der Waals surface area contributed by atoms with E-state index in [2.05, 4.69) is 10.3 Å². The fourth-order valence-corrected chi connectivity index (χ4v) is 3.05. The Morgan fingerprint density at radius 1 is 1.23 bits per heavy atom. The lowest BCUT2D eigenvalue weighted by molar-refractivity contribution is -0.131. The summed E-state index contributed by atoms with van der Waals surface area (Å²) >= 11 is 5.99. The Morgan fingerprint density at radius 3 is 2.86 bits per heavy atom. The van der Waals surface area contributed by atoms with Crippen molar-refractivity contribution in [3.8, 4) is 0 Å². The van der Waals surface area contributed by atoms with Gasteiger partial charge < -0.3 is 10.2 Å². The quantitative estimate of drug-likeness (QED) is 0.935. The smallest absolute Gasteiger partial charge is 0.224 e. The van der Waals surface area contributed by atoms with Gasteiger partial charge >= 0.3 is 0 Å². The maximum Gasteiger partial charge on any atom is 0.224 e. The minimum Gasteiger partial charge on any atom is -0.384 e. The predicted octanol–water partition coefficient (Wildman–Crippen LogP) is 3.70. The van der Waals surface area contributed by atoms with Gasteiger partial charge in [-0.15, -0.1) is 0 Å². The van der Waals surface area contributed by atoms with Gasteiger partial charge in [0.15, 0.2) is 0 Å². The van der Waals surface area contributed by atoms with Crippen LogP contribution in [-0.4, -0.2) is 35.4 Å². The zero-order valence-electron chi connectivity index (χ0n) is 12.5. The molecule has 0 spiro atoms. The van der Waals surface area contributed by atoms with Crippen molar-refractivity contribution in [2.45, 2.75) is 25.7 Å². The van der Waals surface area contributed by atoms with E-state index >= 15 is 0 Å². The SMILES string of the molecule is O=C(CCNc1ccnc2cc(Cl)ccc12)N1CCCCC1. The van der Waals surface area contributed by atoms with Crippen LogP contribution in [0.15, 0.2) is 30.5 Å². The van der Waals surface area contributed by atoms with Crippen LogP contribution in [0.25, 0.3) is 10.9 Å². The number of carbonyl (C=O) groups is 1. The molecule has 116 valence electrons. The summed E-state index contributed by atoms with van der Waals surface area (Å²) in [5, 5.41) is 5.05. The number of pyridine rings is 1. The molecular weight excluding hydrogens is 298 g/mol. The molecule has 3 rings (SSSR count). The molecule has 0 bridgehead atoms. The van der Waals surface area contributed by atoms with E-state index in [1.165, 1.54) is 6.42 Å². The van der Waals surface area contributed by atoms with Gasteiger partial charge in [-0.05, 0) is 43.5 Å². The molecular formula is C17H20ClN3O. The van der Waals surface area contributed by atoms with Crippen LogP contribution >= 0.6 is 11.6 Å². The Morgan fingerprint density at radius 2 is 2.05 bits per heavy atom. The highest BCUT2D eigenvalue weighted by Crippen LogP contribution is 2.24. The normalized spacial score (nSPS) is 15.0. The molecule has 0 unspecified atom stereocenters. The first-order valence-electron chi connectivity index (χ1n) is 7.80. The van der Waals surface area contributed by atoms with E-state index in [1.807, 2.05) is 29.2 Å². The second-order valence-electron chi connectivity index (χ2n) is 5.64. The molecule has 1 aliphatic rings. The maximum atomic E-state index is 12.2. The molecule has 1 fully saturated rings. The second-order valence-corrected chi connectivity index (χ2v) is 6.07. The van der Waals surface area contributed by atoms with E-state index in [9.17, 15) is 4.79 Å². The van der Waals surface area contributed by atoms with Crippen LogP contribution in [0.4, 0.5) is 5.69 Å². The van der Waals surface area contributed by atoms with Crippen molar-refractivity contribution >= 4 is 34.1 Å². The molecule has 1 aliphatic heterocycles. The van der Waals surface area contributed by atoms with Gasteiger partial charge in [0.05, 0.1) is 5.52 Å². The molecule has 0 radical (unpaired) electrons. The Labute approximate surface area is 135 Å². The summed E-state index contributed by atoms with van der Waals surface area (Å²) in [6.07, 6.45) is 5.79. The average molecular weight is 318 g/mol. The lowest BCUT2D eigenvalue weighted by Gasteiger charge is -2.26. The number of hydrogen-bond donors (Lipinski definition) is 1. The molecule has 4 nitrogen and oxygen atoms in total. The van der Waals surface area contributed by atoms with Gasteiger partial charge in [-0.25, -0.2) is 0 Å². The fourth-order valence-electron chi connectivity index (χ4n) is 2.88. The van der Waals surface area contributed by atoms with E-state index in [-0.39, 0.29) is 5.91 Å². The third-order valence-electron chi connectivity index (χ3n) is 4.07. The van der Waals surface area contributed by atoms with Crippen LogP contribution < -0.4 is 5.32 Å². The summed E-state index contributed by atoms with van der Waals surface area (Å²) in [6.45, 7) is 2.46. The van der Waals surface area contributed by atoms with E-state index in [0.29, 0.717) is 18.0 Å².